The molecule has 0 aromatic rings. The number of hydrogen-bond acceptors (Lipinski definition) is 9. The lowest BCUT2D eigenvalue weighted by atomic mass is 10.0. The molecule has 0 aromatic heterocycles. The van der Waals surface area contributed by atoms with E-state index in [1.54, 1.807) is 6.08 Å². The molecule has 3 atom stereocenters. The normalized spacial score (nSPS) is 14.8. The third-order valence-electron chi connectivity index (χ3n) is 8.71. The molecule has 11 heteroatoms. The standard InChI is InChI=1S/C44H78NO9P/c1-6-8-9-10-11-12-13-16-20-23-26-29-32-35-43(47)51-39-42(40-53-55(49,50)52-38-37-45(3,4)5)54-44(48)36-33-30-27-24-21-18-15-14-17-19-22-25-28-31-34-41(46)7-2/h15,17-19,24-25,27-28,31,34,41-42,46H,6-14,16,20-23,26,29-30,32-33,35-40H2,1-5H3/b18-15-,19-17-,27-24-,28-25-,34-31+/t41-,42-/m1/s1. The van der Waals surface area contributed by atoms with Crippen molar-refractivity contribution >= 4 is 19.8 Å². The second-order valence-electron chi connectivity index (χ2n) is 15.2. The van der Waals surface area contributed by atoms with Gasteiger partial charge in [-0.3, -0.25) is 14.2 Å². The van der Waals surface area contributed by atoms with Crippen LogP contribution in [0.1, 0.15) is 149 Å². The summed E-state index contributed by atoms with van der Waals surface area (Å²) in [5.74, 6) is -0.925. The van der Waals surface area contributed by atoms with Crippen LogP contribution in [0, 0.1) is 0 Å². The Balaban J connectivity index is 4.51. The van der Waals surface area contributed by atoms with E-state index in [1.165, 1.54) is 64.2 Å². The second kappa shape index (κ2) is 36.0. The Hall–Kier alpha value is -2.33. The third-order valence-corrected chi connectivity index (χ3v) is 9.67. The van der Waals surface area contributed by atoms with Gasteiger partial charge in [-0.25, -0.2) is 0 Å². The number of likely N-dealkylation sites (N-methyl/N-ethyl adjacent to an activating group) is 1. The number of phosphoric acid groups is 1. The molecule has 0 spiro atoms. The highest BCUT2D eigenvalue weighted by Gasteiger charge is 2.21. The Morgan fingerprint density at radius 1 is 0.673 bits per heavy atom. The topological polar surface area (TPSA) is 131 Å². The van der Waals surface area contributed by atoms with Crippen LogP contribution in [-0.2, 0) is 32.7 Å². The van der Waals surface area contributed by atoms with Crippen molar-refractivity contribution < 1.29 is 47.2 Å². The van der Waals surface area contributed by atoms with E-state index in [2.05, 4.69) is 31.2 Å². The quantitative estimate of drug-likeness (QED) is 0.0163. The van der Waals surface area contributed by atoms with Crippen LogP contribution in [0.5, 0.6) is 0 Å². The number of nitrogens with zero attached hydrogens (tertiary/aromatic N) is 1. The van der Waals surface area contributed by atoms with E-state index in [-0.39, 0.29) is 32.2 Å². The van der Waals surface area contributed by atoms with Gasteiger partial charge in [0, 0.05) is 12.8 Å². The Kier molecular flexibility index (Phi) is 34.5. The van der Waals surface area contributed by atoms with E-state index in [0.29, 0.717) is 30.3 Å². The number of allylic oxidation sites excluding steroid dienone is 9. The average Bonchev–Trinajstić information content (AvgIpc) is 3.13. The van der Waals surface area contributed by atoms with Crippen LogP contribution < -0.4 is 4.89 Å². The van der Waals surface area contributed by atoms with E-state index in [1.807, 2.05) is 58.4 Å². The highest BCUT2D eigenvalue weighted by Crippen LogP contribution is 2.38. The Morgan fingerprint density at radius 2 is 1.20 bits per heavy atom. The molecule has 0 bridgehead atoms. The van der Waals surface area contributed by atoms with Crippen molar-refractivity contribution in [1.82, 2.24) is 0 Å². The smallest absolute Gasteiger partial charge is 0.306 e. The first-order valence-electron chi connectivity index (χ1n) is 21.1. The molecule has 0 radical (unpaired) electrons. The van der Waals surface area contributed by atoms with Crippen molar-refractivity contribution in [2.75, 3.05) is 47.5 Å². The minimum atomic E-state index is -4.65. The van der Waals surface area contributed by atoms with Crippen LogP contribution in [0.2, 0.25) is 0 Å². The van der Waals surface area contributed by atoms with Crippen molar-refractivity contribution in [2.45, 2.75) is 161 Å². The van der Waals surface area contributed by atoms with Gasteiger partial charge >= 0.3 is 11.9 Å². The first kappa shape index (κ1) is 52.7. The van der Waals surface area contributed by atoms with E-state index in [0.717, 1.165) is 38.5 Å². The molecular formula is C44H78NO9P. The molecule has 0 saturated heterocycles. The summed E-state index contributed by atoms with van der Waals surface area (Å²) in [4.78, 5) is 37.4. The van der Waals surface area contributed by atoms with Crippen molar-refractivity contribution in [3.8, 4) is 0 Å². The second-order valence-corrected chi connectivity index (χ2v) is 16.6. The summed E-state index contributed by atoms with van der Waals surface area (Å²) in [6, 6.07) is 0. The molecular weight excluding hydrogens is 717 g/mol. The first-order chi connectivity index (χ1) is 26.4. The molecule has 318 valence electrons. The van der Waals surface area contributed by atoms with Crippen molar-refractivity contribution in [3.63, 3.8) is 0 Å². The van der Waals surface area contributed by atoms with Gasteiger partial charge in [0.15, 0.2) is 6.10 Å². The number of phosphoric ester groups is 1. The fourth-order valence-electron chi connectivity index (χ4n) is 5.23. The summed E-state index contributed by atoms with van der Waals surface area (Å²) >= 11 is 0. The molecule has 1 N–H and O–H groups in total. The summed E-state index contributed by atoms with van der Waals surface area (Å²) in [7, 11) is 1.10. The van der Waals surface area contributed by atoms with Gasteiger partial charge in [0.05, 0.1) is 33.9 Å². The van der Waals surface area contributed by atoms with Crippen molar-refractivity contribution in [1.29, 1.82) is 0 Å². The molecule has 10 nitrogen and oxygen atoms in total. The van der Waals surface area contributed by atoms with E-state index in [4.69, 9.17) is 18.5 Å². The number of aliphatic hydroxyl groups is 1. The minimum absolute atomic E-state index is 0.0495. The third kappa shape index (κ3) is 39.7. The zero-order valence-corrected chi connectivity index (χ0v) is 36.1. The summed E-state index contributed by atoms with van der Waals surface area (Å²) < 4.78 is 33.7. The highest BCUT2D eigenvalue weighted by molar-refractivity contribution is 7.45. The summed E-state index contributed by atoms with van der Waals surface area (Å²) in [6.07, 6.45) is 39.2. The number of aliphatic hydroxyl groups excluding tert-OH is 1. The number of unbranched alkanes of at least 4 members (excludes halogenated alkanes) is 13. The van der Waals surface area contributed by atoms with Crippen LogP contribution in [0.4, 0.5) is 0 Å². The predicted octanol–water partition coefficient (Wildman–Crippen LogP) is 10.0. The van der Waals surface area contributed by atoms with Crippen LogP contribution in [-0.4, -0.2) is 81.2 Å². The lowest BCUT2D eigenvalue weighted by Crippen LogP contribution is -2.37. The van der Waals surface area contributed by atoms with Crippen LogP contribution in [0.25, 0.3) is 0 Å². The Labute approximate surface area is 335 Å². The van der Waals surface area contributed by atoms with Gasteiger partial charge < -0.3 is 33.0 Å². The number of rotatable bonds is 37. The van der Waals surface area contributed by atoms with Gasteiger partial charge in [-0.1, -0.05) is 152 Å². The van der Waals surface area contributed by atoms with Gasteiger partial charge in [-0.15, -0.1) is 0 Å². The van der Waals surface area contributed by atoms with Crippen molar-refractivity contribution in [3.05, 3.63) is 60.8 Å². The van der Waals surface area contributed by atoms with E-state index < -0.39 is 32.5 Å². The Morgan fingerprint density at radius 3 is 1.76 bits per heavy atom. The summed E-state index contributed by atoms with van der Waals surface area (Å²) in [6.45, 7) is 3.80. The molecule has 0 aromatic carbocycles. The monoisotopic (exact) mass is 796 g/mol. The molecule has 1 unspecified atom stereocenters. The summed E-state index contributed by atoms with van der Waals surface area (Å²) in [5.41, 5.74) is 0. The molecule has 0 aliphatic heterocycles. The van der Waals surface area contributed by atoms with Gasteiger partial charge in [-0.05, 0) is 44.9 Å². The molecule has 0 aliphatic rings. The number of carbonyl (C=O) groups is 2. The predicted molar refractivity (Wildman–Crippen MR) is 223 cm³/mol. The average molecular weight is 796 g/mol. The number of carbonyl (C=O) groups excluding carboxylic acids is 2. The molecule has 0 heterocycles. The lowest BCUT2D eigenvalue weighted by molar-refractivity contribution is -0.870. The maximum Gasteiger partial charge on any atom is 0.306 e. The lowest BCUT2D eigenvalue weighted by Gasteiger charge is -2.28. The van der Waals surface area contributed by atoms with Gasteiger partial charge in [-0.2, -0.15) is 0 Å². The van der Waals surface area contributed by atoms with Crippen LogP contribution in [0.3, 0.4) is 0 Å². The zero-order chi connectivity index (χ0) is 40.9. The molecule has 0 amide bonds. The fourth-order valence-corrected chi connectivity index (χ4v) is 5.96. The van der Waals surface area contributed by atoms with Crippen molar-refractivity contribution in [2.24, 2.45) is 0 Å². The maximum atomic E-state index is 12.6. The number of hydrogen-bond donors (Lipinski definition) is 1. The van der Waals surface area contributed by atoms with E-state index >= 15 is 0 Å². The maximum absolute atomic E-state index is 12.6. The Bertz CT molecular complexity index is 1140. The molecule has 0 fully saturated rings. The molecule has 0 saturated carbocycles. The number of quaternary nitrogens is 1. The molecule has 0 rings (SSSR count). The zero-order valence-electron chi connectivity index (χ0n) is 35.2. The van der Waals surface area contributed by atoms with E-state index in [9.17, 15) is 24.2 Å². The fraction of sp³-hybridized carbons (Fsp3) is 0.727. The van der Waals surface area contributed by atoms with Gasteiger partial charge in [0.25, 0.3) is 7.82 Å². The molecule has 0 aliphatic carbocycles. The first-order valence-corrected chi connectivity index (χ1v) is 22.6. The highest BCUT2D eigenvalue weighted by atomic mass is 31.2. The number of esters is 2. The van der Waals surface area contributed by atoms with Gasteiger partial charge in [0.1, 0.15) is 19.8 Å². The SMILES string of the molecule is CCCCCCCCCCCCCCCC(=O)OC[C@H](COP(=O)([O-])OCC[N+](C)(C)C)OC(=O)CCC/C=C\C/C=C\C/C=C\C/C=C\C=C\[C@H](O)CC. The minimum Gasteiger partial charge on any atom is -0.756 e. The van der Waals surface area contributed by atoms with Crippen LogP contribution >= 0.6 is 7.82 Å². The van der Waals surface area contributed by atoms with Crippen LogP contribution in [0.15, 0.2) is 60.8 Å². The number of ether oxygens (including phenoxy) is 2. The summed E-state index contributed by atoms with van der Waals surface area (Å²) in [5, 5.41) is 9.48. The largest absolute Gasteiger partial charge is 0.756 e. The molecule has 55 heavy (non-hydrogen) atoms. The van der Waals surface area contributed by atoms with Gasteiger partial charge in [0.2, 0.25) is 0 Å².